The molecule has 0 aromatic carbocycles. The highest BCUT2D eigenvalue weighted by atomic mass is 15.2. The lowest BCUT2D eigenvalue weighted by Crippen LogP contribution is -1.97. The van der Waals surface area contributed by atoms with Crippen LogP contribution in [0.4, 0.5) is 0 Å². The fourth-order valence-corrected chi connectivity index (χ4v) is 1.80. The molecule has 0 amide bonds. The number of aromatic nitrogens is 4. The molecule has 0 unspecified atom stereocenters. The minimum Gasteiger partial charge on any atom is -0.328 e. The Morgan fingerprint density at radius 1 is 0.923 bits per heavy atom. The first kappa shape index (κ1) is 6.88. The van der Waals surface area contributed by atoms with Crippen molar-refractivity contribution in [1.29, 1.82) is 0 Å². The number of nitrogens with zero attached hydrogens (tertiary/aromatic N) is 4. The third-order valence-electron chi connectivity index (χ3n) is 2.43. The minimum atomic E-state index is 0.988. The molecule has 2 aromatic rings. The first-order valence-corrected chi connectivity index (χ1v) is 4.48. The van der Waals surface area contributed by atoms with Gasteiger partial charge in [-0.2, -0.15) is 0 Å². The Hall–Kier alpha value is -1.58. The van der Waals surface area contributed by atoms with E-state index in [1.165, 1.54) is 0 Å². The highest BCUT2D eigenvalue weighted by molar-refractivity contribution is 5.45. The van der Waals surface area contributed by atoms with Gasteiger partial charge in [0.25, 0.3) is 0 Å². The Kier molecular flexibility index (Phi) is 1.30. The first-order chi connectivity index (χ1) is 6.45. The molecule has 66 valence electrons. The number of hydrogen-bond acceptors (Lipinski definition) is 2. The van der Waals surface area contributed by atoms with Crippen molar-refractivity contribution in [3.05, 3.63) is 24.8 Å². The molecular weight excluding hydrogens is 164 g/mol. The van der Waals surface area contributed by atoms with Gasteiger partial charge in [0.05, 0.1) is 0 Å². The van der Waals surface area contributed by atoms with Gasteiger partial charge in [-0.05, 0) is 6.42 Å². The molecule has 1 aliphatic rings. The molecule has 4 heteroatoms. The van der Waals surface area contributed by atoms with Crippen LogP contribution in [0, 0.1) is 0 Å². The van der Waals surface area contributed by atoms with E-state index in [-0.39, 0.29) is 0 Å². The molecule has 0 radical (unpaired) electrons. The van der Waals surface area contributed by atoms with Crippen molar-refractivity contribution in [2.24, 2.45) is 0 Å². The van der Waals surface area contributed by atoms with E-state index in [1.54, 1.807) is 0 Å². The third-order valence-corrected chi connectivity index (χ3v) is 2.43. The number of hydrogen-bond donors (Lipinski definition) is 0. The van der Waals surface area contributed by atoms with Gasteiger partial charge in [-0.25, -0.2) is 9.97 Å². The zero-order valence-electron chi connectivity index (χ0n) is 7.22. The van der Waals surface area contributed by atoms with E-state index >= 15 is 0 Å². The Labute approximate surface area is 75.9 Å². The summed E-state index contributed by atoms with van der Waals surface area (Å²) in [4.78, 5) is 8.62. The monoisotopic (exact) mass is 174 g/mol. The summed E-state index contributed by atoms with van der Waals surface area (Å²) >= 11 is 0. The fourth-order valence-electron chi connectivity index (χ4n) is 1.80. The van der Waals surface area contributed by atoms with Crippen LogP contribution >= 0.6 is 0 Å². The molecule has 13 heavy (non-hydrogen) atoms. The summed E-state index contributed by atoms with van der Waals surface area (Å²) in [5, 5.41) is 0. The summed E-state index contributed by atoms with van der Waals surface area (Å²) in [7, 11) is 0. The molecule has 4 nitrogen and oxygen atoms in total. The largest absolute Gasteiger partial charge is 0.328 e. The third kappa shape index (κ3) is 0.915. The van der Waals surface area contributed by atoms with Gasteiger partial charge in [-0.3, -0.25) is 0 Å². The van der Waals surface area contributed by atoms with Crippen LogP contribution in [0.5, 0.6) is 0 Å². The van der Waals surface area contributed by atoms with Crippen LogP contribution in [0.15, 0.2) is 24.8 Å². The number of fused-ring (bicyclic) bond motifs is 3. The van der Waals surface area contributed by atoms with Crippen molar-refractivity contribution in [2.45, 2.75) is 19.5 Å². The van der Waals surface area contributed by atoms with Crippen molar-refractivity contribution in [3.63, 3.8) is 0 Å². The van der Waals surface area contributed by atoms with Crippen LogP contribution in [0.2, 0.25) is 0 Å². The molecule has 0 fully saturated rings. The summed E-state index contributed by atoms with van der Waals surface area (Å²) in [5.41, 5.74) is 0. The molecule has 0 spiro atoms. The second-order valence-electron chi connectivity index (χ2n) is 3.24. The molecule has 3 rings (SSSR count). The Balaban J connectivity index is 2.27. The molecule has 0 bridgehead atoms. The van der Waals surface area contributed by atoms with Crippen LogP contribution in [0.3, 0.4) is 0 Å². The Morgan fingerprint density at radius 2 is 1.46 bits per heavy atom. The van der Waals surface area contributed by atoms with E-state index in [1.807, 2.05) is 24.8 Å². The lowest BCUT2D eigenvalue weighted by molar-refractivity contribution is 0.595. The standard InChI is InChI=1S/C9H10N4/c1-4-12-6-2-10-8(12)9-11-3-7-13(9)5-1/h2-3,6-7H,1,4-5H2. The van der Waals surface area contributed by atoms with E-state index in [2.05, 4.69) is 19.1 Å². The molecule has 0 saturated carbocycles. The molecule has 0 saturated heterocycles. The van der Waals surface area contributed by atoms with Crippen molar-refractivity contribution in [2.75, 3.05) is 0 Å². The van der Waals surface area contributed by atoms with E-state index in [9.17, 15) is 0 Å². The van der Waals surface area contributed by atoms with Crippen molar-refractivity contribution >= 4 is 0 Å². The van der Waals surface area contributed by atoms with Crippen LogP contribution in [-0.4, -0.2) is 19.1 Å². The van der Waals surface area contributed by atoms with E-state index in [0.717, 1.165) is 31.2 Å². The fraction of sp³-hybridized carbons (Fsp3) is 0.333. The zero-order valence-corrected chi connectivity index (χ0v) is 7.22. The number of aryl methyl sites for hydroxylation is 2. The van der Waals surface area contributed by atoms with E-state index < -0.39 is 0 Å². The van der Waals surface area contributed by atoms with E-state index in [0.29, 0.717) is 0 Å². The quantitative estimate of drug-likeness (QED) is 0.600. The van der Waals surface area contributed by atoms with Crippen molar-refractivity contribution < 1.29 is 0 Å². The second kappa shape index (κ2) is 2.45. The van der Waals surface area contributed by atoms with Gasteiger partial charge in [0.2, 0.25) is 0 Å². The SMILES string of the molecule is c1cn2c(n1)-c1nccn1CCC2. The summed E-state index contributed by atoms with van der Waals surface area (Å²) < 4.78 is 4.32. The average molecular weight is 174 g/mol. The first-order valence-electron chi connectivity index (χ1n) is 4.48. The van der Waals surface area contributed by atoms with Gasteiger partial charge in [-0.1, -0.05) is 0 Å². The molecule has 1 aliphatic heterocycles. The normalized spacial score (nSPS) is 14.8. The van der Waals surface area contributed by atoms with Crippen LogP contribution in [0.25, 0.3) is 11.6 Å². The van der Waals surface area contributed by atoms with Crippen LogP contribution in [-0.2, 0) is 13.1 Å². The second-order valence-corrected chi connectivity index (χ2v) is 3.24. The zero-order chi connectivity index (χ0) is 8.67. The smallest absolute Gasteiger partial charge is 0.176 e. The molecule has 2 aromatic heterocycles. The van der Waals surface area contributed by atoms with E-state index in [4.69, 9.17) is 0 Å². The maximum atomic E-state index is 4.31. The van der Waals surface area contributed by atoms with Crippen LogP contribution < -0.4 is 0 Å². The predicted octanol–water partition coefficient (Wildman–Crippen LogP) is 1.15. The minimum absolute atomic E-state index is 0.988. The maximum Gasteiger partial charge on any atom is 0.176 e. The summed E-state index contributed by atoms with van der Waals surface area (Å²) in [5.74, 6) is 1.98. The molecule has 0 N–H and O–H groups in total. The molecule has 3 heterocycles. The molecular formula is C9H10N4. The van der Waals surface area contributed by atoms with Gasteiger partial charge in [-0.15, -0.1) is 0 Å². The number of imidazole rings is 2. The number of rotatable bonds is 0. The molecule has 0 aliphatic carbocycles. The maximum absolute atomic E-state index is 4.31. The van der Waals surface area contributed by atoms with Crippen molar-refractivity contribution in [1.82, 2.24) is 19.1 Å². The van der Waals surface area contributed by atoms with Gasteiger partial charge in [0, 0.05) is 37.9 Å². The highest BCUT2D eigenvalue weighted by Gasteiger charge is 2.14. The lowest BCUT2D eigenvalue weighted by atomic mass is 10.4. The van der Waals surface area contributed by atoms with Gasteiger partial charge < -0.3 is 9.13 Å². The summed E-state index contributed by atoms with van der Waals surface area (Å²) in [6.07, 6.45) is 8.84. The highest BCUT2D eigenvalue weighted by Crippen LogP contribution is 2.19. The molecule has 0 atom stereocenters. The van der Waals surface area contributed by atoms with Gasteiger partial charge in [0.1, 0.15) is 0 Å². The predicted molar refractivity (Wildman–Crippen MR) is 48.1 cm³/mol. The lowest BCUT2D eigenvalue weighted by Gasteiger charge is -1.99. The summed E-state index contributed by atoms with van der Waals surface area (Å²) in [6, 6.07) is 0. The Morgan fingerprint density at radius 3 is 2.00 bits per heavy atom. The van der Waals surface area contributed by atoms with Crippen LogP contribution in [0.1, 0.15) is 6.42 Å². The average Bonchev–Trinajstić information content (AvgIpc) is 2.72. The van der Waals surface area contributed by atoms with Gasteiger partial charge in [0.15, 0.2) is 11.6 Å². The summed E-state index contributed by atoms with van der Waals surface area (Å²) in [6.45, 7) is 2.08. The van der Waals surface area contributed by atoms with Crippen molar-refractivity contribution in [3.8, 4) is 11.6 Å². The van der Waals surface area contributed by atoms with Gasteiger partial charge >= 0.3 is 0 Å². The topological polar surface area (TPSA) is 35.6 Å². The Bertz CT molecular complexity index is 386.